The van der Waals surface area contributed by atoms with Gasteiger partial charge in [0.15, 0.2) is 0 Å². The van der Waals surface area contributed by atoms with Crippen molar-refractivity contribution in [2.45, 2.75) is 6.42 Å². The standard InChI is InChI=1S/C21H21N5O/c1-27-13-5-12-23-21-25-19(17-6-3-2-4-7-17)14-20(26-21)24-18-10-8-16(15-22)9-11-18/h2-4,6-11,14H,5,12-13H2,1H3,(H2,23,24,25,26). The zero-order valence-corrected chi connectivity index (χ0v) is 15.1. The molecule has 0 bridgehead atoms. The van der Waals surface area contributed by atoms with E-state index in [1.54, 1.807) is 19.2 Å². The highest BCUT2D eigenvalue weighted by atomic mass is 16.5. The summed E-state index contributed by atoms with van der Waals surface area (Å²) in [5.41, 5.74) is 3.32. The molecule has 0 spiro atoms. The summed E-state index contributed by atoms with van der Waals surface area (Å²) in [5, 5.41) is 15.5. The fourth-order valence-corrected chi connectivity index (χ4v) is 2.54. The number of hydrogen-bond donors (Lipinski definition) is 2. The first-order valence-corrected chi connectivity index (χ1v) is 8.73. The van der Waals surface area contributed by atoms with E-state index in [-0.39, 0.29) is 0 Å². The minimum absolute atomic E-state index is 0.559. The van der Waals surface area contributed by atoms with Gasteiger partial charge in [0.25, 0.3) is 0 Å². The molecule has 1 aromatic heterocycles. The van der Waals surface area contributed by atoms with Gasteiger partial charge in [-0.3, -0.25) is 0 Å². The van der Waals surface area contributed by atoms with Crippen LogP contribution in [0, 0.1) is 11.3 Å². The minimum atomic E-state index is 0.559. The predicted octanol–water partition coefficient (Wildman–Crippen LogP) is 4.21. The lowest BCUT2D eigenvalue weighted by Gasteiger charge is -2.11. The van der Waals surface area contributed by atoms with Crippen molar-refractivity contribution in [1.29, 1.82) is 5.26 Å². The van der Waals surface area contributed by atoms with Crippen LogP contribution in [0.5, 0.6) is 0 Å². The molecule has 136 valence electrons. The van der Waals surface area contributed by atoms with Crippen molar-refractivity contribution in [3.8, 4) is 17.3 Å². The average molecular weight is 359 g/mol. The number of methoxy groups -OCH3 is 1. The van der Waals surface area contributed by atoms with E-state index in [2.05, 4.69) is 26.7 Å². The van der Waals surface area contributed by atoms with Crippen LogP contribution in [0.1, 0.15) is 12.0 Å². The molecule has 1 heterocycles. The van der Waals surface area contributed by atoms with Crippen molar-refractivity contribution in [2.75, 3.05) is 30.9 Å². The summed E-state index contributed by atoms with van der Waals surface area (Å²) in [6.07, 6.45) is 0.869. The van der Waals surface area contributed by atoms with Gasteiger partial charge in [-0.2, -0.15) is 10.2 Å². The second kappa shape index (κ2) is 9.32. The molecular weight excluding hydrogens is 338 g/mol. The zero-order valence-electron chi connectivity index (χ0n) is 15.1. The predicted molar refractivity (Wildman–Crippen MR) is 107 cm³/mol. The van der Waals surface area contributed by atoms with Crippen LogP contribution in [-0.2, 0) is 4.74 Å². The summed E-state index contributed by atoms with van der Waals surface area (Å²) >= 11 is 0. The van der Waals surface area contributed by atoms with Crippen LogP contribution in [0.2, 0.25) is 0 Å². The Kier molecular flexibility index (Phi) is 6.34. The third kappa shape index (κ3) is 5.27. The van der Waals surface area contributed by atoms with Crippen LogP contribution in [0.25, 0.3) is 11.3 Å². The second-order valence-electron chi connectivity index (χ2n) is 5.92. The Morgan fingerprint density at radius 3 is 2.52 bits per heavy atom. The third-order valence-corrected chi connectivity index (χ3v) is 3.89. The van der Waals surface area contributed by atoms with E-state index >= 15 is 0 Å². The number of benzene rings is 2. The van der Waals surface area contributed by atoms with Crippen LogP contribution in [0.4, 0.5) is 17.5 Å². The number of ether oxygens (including phenoxy) is 1. The van der Waals surface area contributed by atoms with Crippen LogP contribution in [-0.4, -0.2) is 30.2 Å². The van der Waals surface area contributed by atoms with Gasteiger partial charge in [0.2, 0.25) is 5.95 Å². The van der Waals surface area contributed by atoms with E-state index < -0.39 is 0 Å². The van der Waals surface area contributed by atoms with E-state index in [4.69, 9.17) is 10.00 Å². The minimum Gasteiger partial charge on any atom is -0.385 e. The number of nitriles is 1. The topological polar surface area (TPSA) is 82.9 Å². The molecule has 0 fully saturated rings. The number of aromatic nitrogens is 2. The molecule has 3 rings (SSSR count). The van der Waals surface area contributed by atoms with E-state index in [1.165, 1.54) is 0 Å². The number of nitrogens with zero attached hydrogens (tertiary/aromatic N) is 3. The monoisotopic (exact) mass is 359 g/mol. The van der Waals surface area contributed by atoms with Crippen molar-refractivity contribution >= 4 is 17.5 Å². The van der Waals surface area contributed by atoms with Gasteiger partial charge in [-0.15, -0.1) is 0 Å². The highest BCUT2D eigenvalue weighted by Crippen LogP contribution is 2.23. The lowest BCUT2D eigenvalue weighted by atomic mass is 10.1. The van der Waals surface area contributed by atoms with Crippen LogP contribution >= 0.6 is 0 Å². The van der Waals surface area contributed by atoms with E-state index in [9.17, 15) is 0 Å². The van der Waals surface area contributed by atoms with Gasteiger partial charge in [0.05, 0.1) is 17.3 Å². The summed E-state index contributed by atoms with van der Waals surface area (Å²) in [6, 6.07) is 21.3. The van der Waals surface area contributed by atoms with Gasteiger partial charge in [-0.05, 0) is 30.7 Å². The highest BCUT2D eigenvalue weighted by Gasteiger charge is 2.07. The molecule has 0 aliphatic heterocycles. The fraction of sp³-hybridized carbons (Fsp3) is 0.190. The molecule has 2 N–H and O–H groups in total. The fourth-order valence-electron chi connectivity index (χ4n) is 2.54. The molecule has 6 heteroatoms. The number of hydrogen-bond acceptors (Lipinski definition) is 6. The molecule has 0 atom stereocenters. The Bertz CT molecular complexity index is 904. The van der Waals surface area contributed by atoms with Crippen molar-refractivity contribution in [2.24, 2.45) is 0 Å². The molecule has 27 heavy (non-hydrogen) atoms. The van der Waals surface area contributed by atoms with Gasteiger partial charge in [-0.25, -0.2) is 4.98 Å². The van der Waals surface area contributed by atoms with E-state index in [0.29, 0.717) is 23.9 Å². The van der Waals surface area contributed by atoms with Gasteiger partial charge in [0, 0.05) is 37.6 Å². The largest absolute Gasteiger partial charge is 0.385 e. The Labute approximate surface area is 158 Å². The molecule has 0 aliphatic rings. The number of nitrogens with one attached hydrogen (secondary N) is 2. The Balaban J connectivity index is 1.85. The summed E-state index contributed by atoms with van der Waals surface area (Å²) in [7, 11) is 1.69. The maximum Gasteiger partial charge on any atom is 0.225 e. The second-order valence-corrected chi connectivity index (χ2v) is 5.92. The molecule has 0 radical (unpaired) electrons. The molecular formula is C21H21N5O. The molecule has 6 nitrogen and oxygen atoms in total. The first-order valence-electron chi connectivity index (χ1n) is 8.73. The third-order valence-electron chi connectivity index (χ3n) is 3.89. The van der Waals surface area contributed by atoms with Crippen molar-refractivity contribution < 1.29 is 4.74 Å². The highest BCUT2D eigenvalue weighted by molar-refractivity contribution is 5.67. The van der Waals surface area contributed by atoms with Crippen molar-refractivity contribution in [3.63, 3.8) is 0 Å². The van der Waals surface area contributed by atoms with E-state index in [1.807, 2.05) is 48.5 Å². The SMILES string of the molecule is COCCCNc1nc(Nc2ccc(C#N)cc2)cc(-c2ccccc2)n1. The Hall–Kier alpha value is -3.43. The van der Waals surface area contributed by atoms with Crippen LogP contribution in [0.15, 0.2) is 60.7 Å². The van der Waals surface area contributed by atoms with Gasteiger partial charge in [0.1, 0.15) is 5.82 Å². The van der Waals surface area contributed by atoms with Crippen molar-refractivity contribution in [3.05, 3.63) is 66.2 Å². The molecule has 3 aromatic rings. The Morgan fingerprint density at radius 2 is 1.81 bits per heavy atom. The summed E-state index contributed by atoms with van der Waals surface area (Å²) < 4.78 is 5.08. The molecule has 2 aromatic carbocycles. The van der Waals surface area contributed by atoms with Gasteiger partial charge >= 0.3 is 0 Å². The summed E-state index contributed by atoms with van der Waals surface area (Å²) in [5.74, 6) is 1.24. The first-order chi connectivity index (χ1) is 13.3. The smallest absolute Gasteiger partial charge is 0.225 e. The van der Waals surface area contributed by atoms with Gasteiger partial charge < -0.3 is 15.4 Å². The molecule has 0 saturated heterocycles. The van der Waals surface area contributed by atoms with Gasteiger partial charge in [-0.1, -0.05) is 30.3 Å². The molecule has 0 amide bonds. The molecule has 0 aliphatic carbocycles. The maximum absolute atomic E-state index is 8.93. The zero-order chi connectivity index (χ0) is 18.9. The molecule has 0 unspecified atom stereocenters. The Morgan fingerprint density at radius 1 is 1.04 bits per heavy atom. The lowest BCUT2D eigenvalue weighted by Crippen LogP contribution is -2.09. The van der Waals surface area contributed by atoms with Crippen LogP contribution < -0.4 is 10.6 Å². The number of anilines is 3. The summed E-state index contributed by atoms with van der Waals surface area (Å²) in [6.45, 7) is 1.41. The lowest BCUT2D eigenvalue weighted by molar-refractivity contribution is 0.197. The average Bonchev–Trinajstić information content (AvgIpc) is 2.72. The van der Waals surface area contributed by atoms with Crippen molar-refractivity contribution in [1.82, 2.24) is 9.97 Å². The first kappa shape index (κ1) is 18.4. The molecule has 0 saturated carbocycles. The number of rotatable bonds is 8. The van der Waals surface area contributed by atoms with E-state index in [0.717, 1.165) is 29.9 Å². The summed E-state index contributed by atoms with van der Waals surface area (Å²) in [4.78, 5) is 9.18. The quantitative estimate of drug-likeness (QED) is 0.586. The normalized spacial score (nSPS) is 10.2. The van der Waals surface area contributed by atoms with Crippen LogP contribution in [0.3, 0.4) is 0 Å². The maximum atomic E-state index is 8.93.